The van der Waals surface area contributed by atoms with Crippen LogP contribution in [0.25, 0.3) is 0 Å². The summed E-state index contributed by atoms with van der Waals surface area (Å²) in [7, 11) is -3.87. The molecule has 2 aromatic rings. The Morgan fingerprint density at radius 3 is 2.24 bits per heavy atom. The van der Waals surface area contributed by atoms with Gasteiger partial charge < -0.3 is 5.11 Å². The Morgan fingerprint density at radius 2 is 1.76 bits per heavy atom. The zero-order valence-electron chi connectivity index (χ0n) is 10.0. The number of rotatable bonds is 4. The lowest BCUT2D eigenvalue weighted by Gasteiger charge is -2.11. The third-order valence-electron chi connectivity index (χ3n) is 2.40. The Labute approximate surface area is 152 Å². The lowest BCUT2D eigenvalue weighted by molar-refractivity contribution is 0.285. The van der Waals surface area contributed by atoms with Crippen molar-refractivity contribution in [2.75, 3.05) is 4.72 Å². The quantitative estimate of drug-likeness (QED) is 0.635. The maximum atomic E-state index is 12.4. The van der Waals surface area contributed by atoms with Gasteiger partial charge in [-0.1, -0.05) is 39.1 Å². The van der Waals surface area contributed by atoms with Crippen LogP contribution in [0, 0.1) is 0 Å². The first-order chi connectivity index (χ1) is 9.74. The first kappa shape index (κ1) is 17.5. The maximum absolute atomic E-state index is 12.4. The number of aliphatic hydroxyl groups is 1. The van der Waals surface area contributed by atoms with Crippen molar-refractivity contribution in [2.24, 2.45) is 0 Å². The number of hydrogen-bond donors (Lipinski definition) is 2. The standard InChI is InChI=1S/C11H7Br2Cl2NO3S2/c12-5-1-7(14)10(8(15)2-5)16-21(18,19)9-3-6(4-17)20-11(9)13/h1-3,16-17H,4H2. The number of nitrogens with one attached hydrogen (secondary N) is 1. The van der Waals surface area contributed by atoms with Crippen molar-refractivity contribution in [3.8, 4) is 0 Å². The molecule has 114 valence electrons. The molecule has 1 aromatic carbocycles. The normalized spacial score (nSPS) is 11.7. The van der Waals surface area contributed by atoms with Crippen LogP contribution in [-0.4, -0.2) is 13.5 Å². The molecular formula is C11H7Br2Cl2NO3S2. The van der Waals surface area contributed by atoms with Gasteiger partial charge in [0.15, 0.2) is 0 Å². The number of aliphatic hydroxyl groups excluding tert-OH is 1. The molecule has 1 aromatic heterocycles. The predicted molar refractivity (Wildman–Crippen MR) is 92.9 cm³/mol. The summed E-state index contributed by atoms with van der Waals surface area (Å²) in [4.78, 5) is 0.543. The van der Waals surface area contributed by atoms with Crippen molar-refractivity contribution >= 4 is 82.1 Å². The number of benzene rings is 1. The van der Waals surface area contributed by atoms with Gasteiger partial charge in [0.1, 0.15) is 4.90 Å². The molecule has 4 nitrogen and oxygen atoms in total. The summed E-state index contributed by atoms with van der Waals surface area (Å²) in [5.74, 6) is 0. The van der Waals surface area contributed by atoms with E-state index in [-0.39, 0.29) is 27.2 Å². The summed E-state index contributed by atoms with van der Waals surface area (Å²) in [6, 6.07) is 4.46. The predicted octanol–water partition coefficient (Wildman–Crippen LogP) is 4.87. The third-order valence-corrected chi connectivity index (χ3v) is 7.04. The third kappa shape index (κ3) is 3.93. The van der Waals surface area contributed by atoms with Crippen LogP contribution in [0.3, 0.4) is 0 Å². The van der Waals surface area contributed by atoms with Gasteiger partial charge in [-0.2, -0.15) is 0 Å². The van der Waals surface area contributed by atoms with Crippen LogP contribution in [0.5, 0.6) is 0 Å². The summed E-state index contributed by atoms with van der Waals surface area (Å²) in [6.45, 7) is -0.238. The highest BCUT2D eigenvalue weighted by molar-refractivity contribution is 9.11. The number of thiophene rings is 1. The molecule has 0 radical (unpaired) electrons. The van der Waals surface area contributed by atoms with Crippen molar-refractivity contribution in [1.29, 1.82) is 0 Å². The fraction of sp³-hybridized carbons (Fsp3) is 0.0909. The molecule has 0 atom stereocenters. The number of halogens is 4. The zero-order valence-corrected chi connectivity index (χ0v) is 16.3. The van der Waals surface area contributed by atoms with Gasteiger partial charge in [-0.05, 0) is 34.1 Å². The van der Waals surface area contributed by atoms with E-state index in [1.807, 2.05) is 0 Å². The van der Waals surface area contributed by atoms with E-state index in [0.717, 1.165) is 11.3 Å². The van der Waals surface area contributed by atoms with Gasteiger partial charge in [0.2, 0.25) is 0 Å². The van der Waals surface area contributed by atoms with Crippen LogP contribution in [0.4, 0.5) is 5.69 Å². The summed E-state index contributed by atoms with van der Waals surface area (Å²) in [5, 5.41) is 9.42. The smallest absolute Gasteiger partial charge is 0.263 e. The Morgan fingerprint density at radius 1 is 1.19 bits per heavy atom. The van der Waals surface area contributed by atoms with Gasteiger partial charge in [0.05, 0.1) is 26.1 Å². The average molecular weight is 496 g/mol. The van der Waals surface area contributed by atoms with Gasteiger partial charge in [-0.3, -0.25) is 4.72 Å². The topological polar surface area (TPSA) is 66.4 Å². The van der Waals surface area contributed by atoms with Gasteiger partial charge in [-0.25, -0.2) is 8.42 Å². The molecule has 0 fully saturated rings. The van der Waals surface area contributed by atoms with E-state index in [0.29, 0.717) is 13.1 Å². The summed E-state index contributed by atoms with van der Waals surface area (Å²) in [6.07, 6.45) is 0. The monoisotopic (exact) mass is 493 g/mol. The second kappa shape index (κ2) is 6.74. The van der Waals surface area contributed by atoms with Gasteiger partial charge >= 0.3 is 0 Å². The van der Waals surface area contributed by atoms with Crippen molar-refractivity contribution < 1.29 is 13.5 Å². The second-order valence-corrected chi connectivity index (χ2v) is 9.69. The first-order valence-electron chi connectivity index (χ1n) is 5.31. The van der Waals surface area contributed by atoms with Crippen LogP contribution in [0.2, 0.25) is 10.0 Å². The second-order valence-electron chi connectivity index (χ2n) is 3.86. The number of hydrogen-bond acceptors (Lipinski definition) is 4. The molecule has 0 saturated carbocycles. The van der Waals surface area contributed by atoms with Crippen LogP contribution in [0.15, 0.2) is 31.4 Å². The summed E-state index contributed by atoms with van der Waals surface area (Å²) >= 11 is 19.5. The van der Waals surface area contributed by atoms with Crippen LogP contribution in [0.1, 0.15) is 4.88 Å². The van der Waals surface area contributed by atoms with E-state index in [1.54, 1.807) is 0 Å². The molecule has 0 bridgehead atoms. The number of anilines is 1. The molecule has 1 heterocycles. The fourth-order valence-electron chi connectivity index (χ4n) is 1.49. The van der Waals surface area contributed by atoms with E-state index in [2.05, 4.69) is 36.6 Å². The lowest BCUT2D eigenvalue weighted by atomic mass is 10.3. The Balaban J connectivity index is 2.44. The van der Waals surface area contributed by atoms with E-state index in [1.165, 1.54) is 18.2 Å². The highest BCUT2D eigenvalue weighted by Gasteiger charge is 2.23. The van der Waals surface area contributed by atoms with Crippen molar-refractivity contribution in [3.05, 3.63) is 41.4 Å². The van der Waals surface area contributed by atoms with Gasteiger partial charge in [0.25, 0.3) is 10.0 Å². The molecule has 21 heavy (non-hydrogen) atoms. The Bertz CT molecular complexity index is 770. The highest BCUT2D eigenvalue weighted by Crippen LogP contribution is 2.37. The molecule has 0 spiro atoms. The molecule has 0 unspecified atom stereocenters. The lowest BCUT2D eigenvalue weighted by Crippen LogP contribution is -2.13. The van der Waals surface area contributed by atoms with Crippen LogP contribution < -0.4 is 4.72 Å². The van der Waals surface area contributed by atoms with Gasteiger partial charge in [0, 0.05) is 9.35 Å². The Hall–Kier alpha value is 0.170. The minimum absolute atomic E-state index is 0.0200. The average Bonchev–Trinajstić information content (AvgIpc) is 2.76. The van der Waals surface area contributed by atoms with Crippen molar-refractivity contribution in [2.45, 2.75) is 11.5 Å². The van der Waals surface area contributed by atoms with E-state index in [9.17, 15) is 8.42 Å². The molecule has 2 rings (SSSR count). The number of sulfonamides is 1. The fourth-order valence-corrected chi connectivity index (χ4v) is 6.55. The zero-order chi connectivity index (χ0) is 15.8. The summed E-state index contributed by atoms with van der Waals surface area (Å²) in [5.41, 5.74) is 0.102. The van der Waals surface area contributed by atoms with Crippen LogP contribution in [-0.2, 0) is 16.6 Å². The summed E-state index contributed by atoms with van der Waals surface area (Å²) < 4.78 is 28.2. The first-order valence-corrected chi connectivity index (χ1v) is 9.95. The molecule has 0 amide bonds. The SMILES string of the molecule is O=S(=O)(Nc1c(Cl)cc(Br)cc1Cl)c1cc(CO)sc1Br. The molecule has 0 aliphatic carbocycles. The highest BCUT2D eigenvalue weighted by atomic mass is 79.9. The van der Waals surface area contributed by atoms with Crippen LogP contribution >= 0.6 is 66.4 Å². The van der Waals surface area contributed by atoms with E-state index in [4.69, 9.17) is 28.3 Å². The van der Waals surface area contributed by atoms with Gasteiger partial charge in [-0.15, -0.1) is 11.3 Å². The maximum Gasteiger partial charge on any atom is 0.263 e. The molecule has 0 aliphatic rings. The molecule has 10 heteroatoms. The molecular weight excluding hydrogens is 489 g/mol. The molecule has 0 saturated heterocycles. The minimum atomic E-state index is -3.87. The molecule has 0 aliphatic heterocycles. The van der Waals surface area contributed by atoms with Crippen molar-refractivity contribution in [3.63, 3.8) is 0 Å². The molecule has 2 N–H and O–H groups in total. The Kier molecular flexibility index (Phi) is 5.62. The largest absolute Gasteiger partial charge is 0.391 e. The minimum Gasteiger partial charge on any atom is -0.391 e. The van der Waals surface area contributed by atoms with E-state index >= 15 is 0 Å². The van der Waals surface area contributed by atoms with Crippen molar-refractivity contribution in [1.82, 2.24) is 0 Å². The van der Waals surface area contributed by atoms with E-state index < -0.39 is 10.0 Å².